The highest BCUT2D eigenvalue weighted by atomic mass is 32.2. The summed E-state index contributed by atoms with van der Waals surface area (Å²) in [6.45, 7) is 1.93. The molecule has 0 aliphatic carbocycles. The first-order valence-corrected chi connectivity index (χ1v) is 7.97. The lowest BCUT2D eigenvalue weighted by molar-refractivity contribution is 0.597. The quantitative estimate of drug-likeness (QED) is 0.893. The van der Waals surface area contributed by atoms with Crippen LogP contribution in [-0.4, -0.2) is 15.5 Å². The molecule has 0 fully saturated rings. The first kappa shape index (κ1) is 15.5. The summed E-state index contributed by atoms with van der Waals surface area (Å²) in [5.41, 5.74) is 0.776. The molecule has 0 saturated heterocycles. The molecule has 4 nitrogen and oxygen atoms in total. The molecule has 0 bridgehead atoms. The molecule has 6 heteroatoms. The molecule has 112 valence electrons. The van der Waals surface area contributed by atoms with Crippen LogP contribution in [0.2, 0.25) is 0 Å². The zero-order valence-electron chi connectivity index (χ0n) is 11.8. The minimum absolute atomic E-state index is 0.0219. The molecule has 2 aromatic carbocycles. The largest absolute Gasteiger partial charge is 0.313 e. The van der Waals surface area contributed by atoms with E-state index in [2.05, 4.69) is 10.0 Å². The van der Waals surface area contributed by atoms with Crippen molar-refractivity contribution >= 4 is 15.7 Å². The molecule has 2 N–H and O–H groups in total. The number of rotatable bonds is 5. The van der Waals surface area contributed by atoms with Gasteiger partial charge in [-0.25, -0.2) is 12.8 Å². The molecule has 0 aliphatic rings. The van der Waals surface area contributed by atoms with Crippen LogP contribution in [0.25, 0.3) is 0 Å². The Hall–Kier alpha value is -1.92. The van der Waals surface area contributed by atoms with E-state index in [9.17, 15) is 12.8 Å². The van der Waals surface area contributed by atoms with Crippen molar-refractivity contribution in [1.82, 2.24) is 5.32 Å². The number of hydrogen-bond donors (Lipinski definition) is 2. The zero-order chi connectivity index (χ0) is 15.5. The minimum atomic E-state index is -3.82. The Kier molecular flexibility index (Phi) is 4.59. The molecule has 0 radical (unpaired) electrons. The monoisotopic (exact) mass is 308 g/mol. The number of benzene rings is 2. The molecule has 0 aliphatic heterocycles. The van der Waals surface area contributed by atoms with E-state index in [1.165, 1.54) is 24.3 Å². The number of anilines is 1. The Morgan fingerprint density at radius 3 is 2.48 bits per heavy atom. The average molecular weight is 308 g/mol. The van der Waals surface area contributed by atoms with E-state index in [4.69, 9.17) is 0 Å². The topological polar surface area (TPSA) is 58.2 Å². The van der Waals surface area contributed by atoms with E-state index >= 15 is 0 Å². The molecule has 0 spiro atoms. The number of nitrogens with one attached hydrogen (secondary N) is 2. The first-order valence-electron chi connectivity index (χ1n) is 6.48. The van der Waals surface area contributed by atoms with Gasteiger partial charge in [-0.15, -0.1) is 0 Å². The van der Waals surface area contributed by atoms with Gasteiger partial charge in [0.05, 0.1) is 10.6 Å². The third-order valence-corrected chi connectivity index (χ3v) is 4.58. The van der Waals surface area contributed by atoms with Crippen molar-refractivity contribution in [3.63, 3.8) is 0 Å². The number of hydrogen-bond acceptors (Lipinski definition) is 3. The molecule has 2 rings (SSSR count). The third kappa shape index (κ3) is 3.59. The fraction of sp³-hybridized carbons (Fsp3) is 0.200. The van der Waals surface area contributed by atoms with Gasteiger partial charge in [0.1, 0.15) is 5.82 Å². The number of sulfonamides is 1. The average Bonchev–Trinajstić information content (AvgIpc) is 2.49. The van der Waals surface area contributed by atoms with Crippen molar-refractivity contribution < 1.29 is 12.8 Å². The van der Waals surface area contributed by atoms with Gasteiger partial charge in [0.2, 0.25) is 0 Å². The first-order chi connectivity index (χ1) is 9.94. The zero-order valence-corrected chi connectivity index (χ0v) is 12.6. The third-order valence-electron chi connectivity index (χ3n) is 3.22. The maximum absolute atomic E-state index is 13.6. The second kappa shape index (κ2) is 6.24. The van der Waals surface area contributed by atoms with Gasteiger partial charge in [0.15, 0.2) is 0 Å². The van der Waals surface area contributed by atoms with Gasteiger partial charge in [-0.3, -0.25) is 4.72 Å². The maximum Gasteiger partial charge on any atom is 0.261 e. The lowest BCUT2D eigenvalue weighted by Gasteiger charge is -2.13. The van der Waals surface area contributed by atoms with Crippen molar-refractivity contribution in [2.24, 2.45) is 0 Å². The van der Waals surface area contributed by atoms with Crippen LogP contribution in [0, 0.1) is 5.82 Å². The summed E-state index contributed by atoms with van der Waals surface area (Å²) in [6.07, 6.45) is 0. The van der Waals surface area contributed by atoms with Crippen LogP contribution in [0.15, 0.2) is 53.4 Å². The molecule has 0 amide bonds. The number of para-hydroxylation sites is 1. The molecule has 1 unspecified atom stereocenters. The number of halogens is 1. The van der Waals surface area contributed by atoms with Gasteiger partial charge >= 0.3 is 0 Å². The highest BCUT2D eigenvalue weighted by Gasteiger charge is 2.17. The van der Waals surface area contributed by atoms with Gasteiger partial charge in [-0.1, -0.05) is 24.3 Å². The summed E-state index contributed by atoms with van der Waals surface area (Å²) in [7, 11) is -2.02. The van der Waals surface area contributed by atoms with Gasteiger partial charge < -0.3 is 5.32 Å². The molecule has 21 heavy (non-hydrogen) atoms. The van der Waals surface area contributed by atoms with E-state index in [-0.39, 0.29) is 16.6 Å². The van der Waals surface area contributed by atoms with Crippen LogP contribution in [0.3, 0.4) is 0 Å². The summed E-state index contributed by atoms with van der Waals surface area (Å²) in [4.78, 5) is 0.102. The predicted molar refractivity (Wildman–Crippen MR) is 81.1 cm³/mol. The lowest BCUT2D eigenvalue weighted by atomic mass is 10.1. The lowest BCUT2D eigenvalue weighted by Crippen LogP contribution is -2.16. The predicted octanol–water partition coefficient (Wildman–Crippen LogP) is 2.91. The second-order valence-corrected chi connectivity index (χ2v) is 6.35. The van der Waals surface area contributed by atoms with Crippen molar-refractivity contribution in [1.29, 1.82) is 0 Å². The minimum Gasteiger partial charge on any atom is -0.313 e. The van der Waals surface area contributed by atoms with Crippen LogP contribution < -0.4 is 10.0 Å². The van der Waals surface area contributed by atoms with Gasteiger partial charge in [-0.2, -0.15) is 0 Å². The van der Waals surface area contributed by atoms with Crippen molar-refractivity contribution in [3.05, 3.63) is 59.9 Å². The van der Waals surface area contributed by atoms with E-state index in [0.29, 0.717) is 0 Å². The molecule has 2 aromatic rings. The Balaban J connectivity index is 2.34. The summed E-state index contributed by atoms with van der Waals surface area (Å²) < 4.78 is 40.5. The van der Waals surface area contributed by atoms with Crippen LogP contribution >= 0.6 is 0 Å². The van der Waals surface area contributed by atoms with E-state index in [0.717, 1.165) is 5.56 Å². The normalized spacial score (nSPS) is 12.9. The Morgan fingerprint density at radius 1 is 1.10 bits per heavy atom. The van der Waals surface area contributed by atoms with Gasteiger partial charge in [0.25, 0.3) is 10.0 Å². The van der Waals surface area contributed by atoms with E-state index in [1.807, 2.05) is 13.0 Å². The van der Waals surface area contributed by atoms with Gasteiger partial charge in [0, 0.05) is 6.04 Å². The van der Waals surface area contributed by atoms with Crippen molar-refractivity contribution in [2.45, 2.75) is 17.9 Å². The fourth-order valence-corrected chi connectivity index (χ4v) is 2.99. The smallest absolute Gasteiger partial charge is 0.261 e. The van der Waals surface area contributed by atoms with E-state index < -0.39 is 15.8 Å². The standard InChI is InChI=1S/C15H17FN2O2S/c1-11(17-2)12-6-5-7-13(10-12)21(19,20)18-15-9-4-3-8-14(15)16/h3-11,17-18H,1-2H3. The summed E-state index contributed by atoms with van der Waals surface area (Å²) >= 11 is 0. The fourth-order valence-electron chi connectivity index (χ4n) is 1.87. The SMILES string of the molecule is CNC(C)c1cccc(S(=O)(=O)Nc2ccccc2F)c1. The Labute approximate surface area is 124 Å². The Bertz CT molecular complexity index is 732. The van der Waals surface area contributed by atoms with Gasteiger partial charge in [-0.05, 0) is 43.8 Å². The van der Waals surface area contributed by atoms with Crippen LogP contribution in [0.4, 0.5) is 10.1 Å². The Morgan fingerprint density at radius 2 is 1.81 bits per heavy atom. The highest BCUT2D eigenvalue weighted by molar-refractivity contribution is 7.92. The maximum atomic E-state index is 13.6. The molecular formula is C15H17FN2O2S. The highest BCUT2D eigenvalue weighted by Crippen LogP contribution is 2.21. The molecular weight excluding hydrogens is 291 g/mol. The molecule has 0 saturated carbocycles. The van der Waals surface area contributed by atoms with Crippen LogP contribution in [0.1, 0.15) is 18.5 Å². The summed E-state index contributed by atoms with van der Waals surface area (Å²) in [5.74, 6) is -0.610. The van der Waals surface area contributed by atoms with Crippen molar-refractivity contribution in [3.8, 4) is 0 Å². The van der Waals surface area contributed by atoms with Crippen LogP contribution in [0.5, 0.6) is 0 Å². The molecule has 0 aromatic heterocycles. The van der Waals surface area contributed by atoms with Crippen LogP contribution in [-0.2, 0) is 10.0 Å². The molecule has 1 atom stereocenters. The van der Waals surface area contributed by atoms with Crippen molar-refractivity contribution in [2.75, 3.05) is 11.8 Å². The second-order valence-electron chi connectivity index (χ2n) is 4.67. The van der Waals surface area contributed by atoms with E-state index in [1.54, 1.807) is 25.2 Å². The summed E-state index contributed by atoms with van der Waals surface area (Å²) in [6, 6.07) is 12.2. The molecule has 0 heterocycles. The summed E-state index contributed by atoms with van der Waals surface area (Å²) in [5, 5.41) is 3.04.